The number of aromatic amines is 1. The summed E-state index contributed by atoms with van der Waals surface area (Å²) in [7, 11) is 0. The van der Waals surface area contributed by atoms with E-state index in [1.54, 1.807) is 12.1 Å². The maximum atomic E-state index is 11.8. The molecule has 0 aliphatic heterocycles. The van der Waals surface area contributed by atoms with Gasteiger partial charge in [-0.15, -0.1) is 0 Å². The van der Waals surface area contributed by atoms with Gasteiger partial charge in [0.05, 0.1) is 5.02 Å². The van der Waals surface area contributed by atoms with E-state index in [4.69, 9.17) is 16.3 Å². The van der Waals surface area contributed by atoms with E-state index in [1.165, 1.54) is 12.3 Å². The highest BCUT2D eigenvalue weighted by Crippen LogP contribution is 2.17. The maximum Gasteiger partial charge on any atom is 0.355 e. The monoisotopic (exact) mass is 349 g/mol. The van der Waals surface area contributed by atoms with Crippen LogP contribution in [0.1, 0.15) is 21.6 Å². The second kappa shape index (κ2) is 7.65. The Morgan fingerprint density at radius 1 is 1.25 bits per heavy atom. The quantitative estimate of drug-likeness (QED) is 0.739. The number of esters is 1. The van der Waals surface area contributed by atoms with Crippen LogP contribution in [0, 0.1) is 13.8 Å². The predicted octanol–water partition coefficient (Wildman–Crippen LogP) is 2.79. The second-order valence-corrected chi connectivity index (χ2v) is 5.49. The molecule has 3 amide bonds. The molecule has 8 heteroatoms. The lowest BCUT2D eigenvalue weighted by Crippen LogP contribution is -2.37. The van der Waals surface area contributed by atoms with E-state index >= 15 is 0 Å². The molecule has 1 aromatic carbocycles. The molecule has 0 atom stereocenters. The fourth-order valence-corrected chi connectivity index (χ4v) is 2.06. The molecule has 0 saturated heterocycles. The van der Waals surface area contributed by atoms with Crippen LogP contribution in [0.15, 0.2) is 30.5 Å². The Morgan fingerprint density at radius 3 is 2.67 bits per heavy atom. The highest BCUT2D eigenvalue weighted by Gasteiger charge is 2.14. The number of imide groups is 1. The first-order valence-electron chi connectivity index (χ1n) is 7.05. The standard InChI is InChI=1S/C16H16ClN3O4/c1-9-4-3-5-12(10(9)2)19-16(23)20-14(21)8-24-15(22)13-6-11(17)7-18-13/h3-7,18H,8H2,1-2H3,(H2,19,20,21,23). The minimum Gasteiger partial charge on any atom is -0.451 e. The van der Waals surface area contributed by atoms with Crippen LogP contribution in [-0.2, 0) is 9.53 Å². The number of halogens is 1. The van der Waals surface area contributed by atoms with Crippen LogP contribution in [0.25, 0.3) is 0 Å². The number of urea groups is 1. The van der Waals surface area contributed by atoms with Gasteiger partial charge in [0.1, 0.15) is 5.69 Å². The van der Waals surface area contributed by atoms with Gasteiger partial charge in [-0.1, -0.05) is 23.7 Å². The van der Waals surface area contributed by atoms with Crippen LogP contribution in [0.2, 0.25) is 5.02 Å². The molecule has 3 N–H and O–H groups in total. The van der Waals surface area contributed by atoms with E-state index in [-0.39, 0.29) is 5.69 Å². The maximum absolute atomic E-state index is 11.8. The lowest BCUT2D eigenvalue weighted by atomic mass is 10.1. The highest BCUT2D eigenvalue weighted by atomic mass is 35.5. The normalized spacial score (nSPS) is 10.1. The van der Waals surface area contributed by atoms with Gasteiger partial charge in [0.2, 0.25) is 0 Å². The van der Waals surface area contributed by atoms with Gasteiger partial charge in [0.25, 0.3) is 5.91 Å². The number of hydrogen-bond acceptors (Lipinski definition) is 4. The SMILES string of the molecule is Cc1cccc(NC(=O)NC(=O)COC(=O)c2cc(Cl)c[nH]2)c1C. The topological polar surface area (TPSA) is 100 Å². The predicted molar refractivity (Wildman–Crippen MR) is 89.2 cm³/mol. The lowest BCUT2D eigenvalue weighted by Gasteiger charge is -2.10. The molecule has 7 nitrogen and oxygen atoms in total. The van der Waals surface area contributed by atoms with Gasteiger partial charge < -0.3 is 15.0 Å². The van der Waals surface area contributed by atoms with Crippen molar-refractivity contribution in [1.29, 1.82) is 0 Å². The van der Waals surface area contributed by atoms with Gasteiger partial charge in [-0.3, -0.25) is 10.1 Å². The first kappa shape index (κ1) is 17.6. The number of anilines is 1. The summed E-state index contributed by atoms with van der Waals surface area (Å²) in [5.74, 6) is -1.49. The molecule has 0 fully saturated rings. The third-order valence-corrected chi connectivity index (χ3v) is 3.53. The van der Waals surface area contributed by atoms with Crippen LogP contribution in [0.4, 0.5) is 10.5 Å². The third kappa shape index (κ3) is 4.60. The number of carbonyl (C=O) groups excluding carboxylic acids is 3. The number of ether oxygens (including phenoxy) is 1. The Kier molecular flexibility index (Phi) is 5.59. The molecule has 2 aromatic rings. The third-order valence-electron chi connectivity index (χ3n) is 3.31. The van der Waals surface area contributed by atoms with Gasteiger partial charge >= 0.3 is 12.0 Å². The van der Waals surface area contributed by atoms with E-state index in [0.717, 1.165) is 11.1 Å². The summed E-state index contributed by atoms with van der Waals surface area (Å²) in [5, 5.41) is 5.00. The zero-order valence-corrected chi connectivity index (χ0v) is 13.9. The molecule has 0 unspecified atom stereocenters. The fourth-order valence-electron chi connectivity index (χ4n) is 1.90. The van der Waals surface area contributed by atoms with Crippen molar-refractivity contribution >= 4 is 35.2 Å². The average Bonchev–Trinajstić information content (AvgIpc) is 2.96. The number of amides is 3. The van der Waals surface area contributed by atoms with E-state index < -0.39 is 24.5 Å². The largest absolute Gasteiger partial charge is 0.451 e. The van der Waals surface area contributed by atoms with Crippen molar-refractivity contribution in [2.24, 2.45) is 0 Å². The lowest BCUT2D eigenvalue weighted by molar-refractivity contribution is -0.123. The van der Waals surface area contributed by atoms with Gasteiger partial charge in [0, 0.05) is 11.9 Å². The number of rotatable bonds is 4. The number of carbonyl (C=O) groups is 3. The van der Waals surface area contributed by atoms with Gasteiger partial charge in [-0.25, -0.2) is 9.59 Å². The van der Waals surface area contributed by atoms with Crippen molar-refractivity contribution in [3.63, 3.8) is 0 Å². The zero-order valence-electron chi connectivity index (χ0n) is 13.1. The van der Waals surface area contributed by atoms with E-state index in [1.807, 2.05) is 19.9 Å². The van der Waals surface area contributed by atoms with E-state index in [2.05, 4.69) is 15.6 Å². The second-order valence-electron chi connectivity index (χ2n) is 5.06. The minimum absolute atomic E-state index is 0.118. The highest BCUT2D eigenvalue weighted by molar-refractivity contribution is 6.30. The van der Waals surface area contributed by atoms with Crippen molar-refractivity contribution in [3.8, 4) is 0 Å². The summed E-state index contributed by atoms with van der Waals surface area (Å²) in [5.41, 5.74) is 2.62. The summed E-state index contributed by atoms with van der Waals surface area (Å²) in [6.07, 6.45) is 1.41. The van der Waals surface area contributed by atoms with Crippen molar-refractivity contribution in [2.45, 2.75) is 13.8 Å². The molecule has 1 heterocycles. The molecule has 0 aliphatic rings. The number of benzene rings is 1. The van der Waals surface area contributed by atoms with Crippen LogP contribution in [0.3, 0.4) is 0 Å². The Hall–Kier alpha value is -2.80. The van der Waals surface area contributed by atoms with Crippen LogP contribution in [-0.4, -0.2) is 29.5 Å². The number of hydrogen-bond donors (Lipinski definition) is 3. The smallest absolute Gasteiger partial charge is 0.355 e. The van der Waals surface area contributed by atoms with Gasteiger partial charge in [0.15, 0.2) is 6.61 Å². The molecule has 24 heavy (non-hydrogen) atoms. The van der Waals surface area contributed by atoms with Gasteiger partial charge in [-0.2, -0.15) is 0 Å². The molecule has 0 bridgehead atoms. The van der Waals surface area contributed by atoms with Crippen molar-refractivity contribution < 1.29 is 19.1 Å². The summed E-state index contributed by atoms with van der Waals surface area (Å²) in [6, 6.07) is 6.10. The number of H-pyrrole nitrogens is 1. The zero-order chi connectivity index (χ0) is 17.7. The summed E-state index contributed by atoms with van der Waals surface area (Å²) in [6.45, 7) is 3.18. The Labute approximate surface area is 143 Å². The number of aromatic nitrogens is 1. The summed E-state index contributed by atoms with van der Waals surface area (Å²) < 4.78 is 4.78. The average molecular weight is 350 g/mol. The van der Waals surface area contributed by atoms with Gasteiger partial charge in [-0.05, 0) is 37.1 Å². The molecule has 2 rings (SSSR count). The first-order valence-corrected chi connectivity index (χ1v) is 7.42. The summed E-state index contributed by atoms with van der Waals surface area (Å²) in [4.78, 5) is 37.7. The molecule has 0 radical (unpaired) electrons. The van der Waals surface area contributed by atoms with Crippen molar-refractivity contribution in [1.82, 2.24) is 10.3 Å². The molecule has 0 saturated carbocycles. The van der Waals surface area contributed by atoms with E-state index in [0.29, 0.717) is 10.7 Å². The molecule has 0 spiro atoms. The van der Waals surface area contributed by atoms with E-state index in [9.17, 15) is 14.4 Å². The fraction of sp³-hybridized carbons (Fsp3) is 0.188. The molecular weight excluding hydrogens is 334 g/mol. The van der Waals surface area contributed by atoms with Crippen LogP contribution < -0.4 is 10.6 Å². The Balaban J connectivity index is 1.82. The Morgan fingerprint density at radius 2 is 2.00 bits per heavy atom. The number of nitrogens with one attached hydrogen (secondary N) is 3. The van der Waals surface area contributed by atoms with Crippen LogP contribution in [0.5, 0.6) is 0 Å². The van der Waals surface area contributed by atoms with Crippen molar-refractivity contribution in [2.75, 3.05) is 11.9 Å². The van der Waals surface area contributed by atoms with Crippen LogP contribution >= 0.6 is 11.6 Å². The number of aryl methyl sites for hydroxylation is 1. The molecule has 126 valence electrons. The Bertz CT molecular complexity index is 785. The molecule has 0 aliphatic carbocycles. The molecular formula is C16H16ClN3O4. The molecule has 1 aromatic heterocycles. The summed E-state index contributed by atoms with van der Waals surface area (Å²) >= 11 is 5.67. The van der Waals surface area contributed by atoms with Crippen molar-refractivity contribution in [3.05, 3.63) is 52.3 Å². The first-order chi connectivity index (χ1) is 11.4. The minimum atomic E-state index is -0.746.